The number of amides is 1. The second-order valence-electron chi connectivity index (χ2n) is 5.04. The Morgan fingerprint density at radius 3 is 2.70 bits per heavy atom. The Morgan fingerprint density at radius 2 is 2.05 bits per heavy atom. The highest BCUT2D eigenvalue weighted by Crippen LogP contribution is 2.12. The number of hydrogen-bond acceptors (Lipinski definition) is 2. The molecule has 4 heteroatoms. The van der Waals surface area contributed by atoms with Gasteiger partial charge in [0, 0.05) is 17.6 Å². The van der Waals surface area contributed by atoms with E-state index in [0.717, 1.165) is 30.2 Å². The summed E-state index contributed by atoms with van der Waals surface area (Å²) in [5.74, 6) is 1.49. The van der Waals surface area contributed by atoms with Crippen LogP contribution in [0.3, 0.4) is 0 Å². The van der Waals surface area contributed by atoms with Gasteiger partial charge in [-0.2, -0.15) is 0 Å². The summed E-state index contributed by atoms with van der Waals surface area (Å²) >= 11 is 7.51. The van der Waals surface area contributed by atoms with Crippen molar-refractivity contribution in [1.29, 1.82) is 0 Å². The van der Waals surface area contributed by atoms with Crippen molar-refractivity contribution in [3.05, 3.63) is 46.3 Å². The van der Waals surface area contributed by atoms with Crippen molar-refractivity contribution in [2.45, 2.75) is 26.7 Å². The standard InChI is InChI=1S/C16H22ClNOS/c1-13(2)12-18-16(19)9-11-20-10-3-4-14-5-7-15(17)8-6-14/h5-9,11,13H,3-4,10,12H2,1-2H3,(H,18,19)/b11-9-. The molecule has 0 aliphatic carbocycles. The molecule has 0 saturated heterocycles. The van der Waals surface area contributed by atoms with Crippen LogP contribution in [0.15, 0.2) is 35.7 Å². The van der Waals surface area contributed by atoms with E-state index in [2.05, 4.69) is 31.3 Å². The maximum atomic E-state index is 11.4. The summed E-state index contributed by atoms with van der Waals surface area (Å²) in [6.45, 7) is 4.88. The molecule has 1 aromatic rings. The summed E-state index contributed by atoms with van der Waals surface area (Å²) in [6.07, 6.45) is 3.73. The molecule has 0 aliphatic rings. The quantitative estimate of drug-likeness (QED) is 0.573. The zero-order chi connectivity index (χ0) is 14.8. The van der Waals surface area contributed by atoms with Crippen LogP contribution in [0.5, 0.6) is 0 Å². The first kappa shape index (κ1) is 17.1. The Balaban J connectivity index is 2.09. The van der Waals surface area contributed by atoms with Crippen LogP contribution < -0.4 is 5.32 Å². The molecule has 110 valence electrons. The maximum Gasteiger partial charge on any atom is 0.244 e. The highest BCUT2D eigenvalue weighted by Gasteiger charge is 1.97. The van der Waals surface area contributed by atoms with Gasteiger partial charge in [0.25, 0.3) is 0 Å². The molecule has 1 N–H and O–H groups in total. The van der Waals surface area contributed by atoms with Gasteiger partial charge in [0.2, 0.25) is 5.91 Å². The lowest BCUT2D eigenvalue weighted by molar-refractivity contribution is -0.116. The molecule has 0 saturated carbocycles. The van der Waals surface area contributed by atoms with Crippen LogP contribution in [0, 0.1) is 5.92 Å². The number of benzene rings is 1. The van der Waals surface area contributed by atoms with Crippen LogP contribution in [0.25, 0.3) is 0 Å². The third-order valence-corrected chi connectivity index (χ3v) is 3.75. The number of rotatable bonds is 8. The van der Waals surface area contributed by atoms with Crippen LogP contribution in [-0.4, -0.2) is 18.2 Å². The molecule has 0 spiro atoms. The molecule has 1 amide bonds. The van der Waals surface area contributed by atoms with Gasteiger partial charge in [0.15, 0.2) is 0 Å². The van der Waals surface area contributed by atoms with Gasteiger partial charge in [0.1, 0.15) is 0 Å². The van der Waals surface area contributed by atoms with E-state index in [1.54, 1.807) is 17.8 Å². The van der Waals surface area contributed by atoms with Gasteiger partial charge in [-0.3, -0.25) is 4.79 Å². The molecule has 0 unspecified atom stereocenters. The van der Waals surface area contributed by atoms with Crippen LogP contribution in [0.1, 0.15) is 25.8 Å². The molecule has 2 nitrogen and oxygen atoms in total. The van der Waals surface area contributed by atoms with Crippen molar-refractivity contribution in [2.24, 2.45) is 5.92 Å². The van der Waals surface area contributed by atoms with Crippen molar-refractivity contribution in [1.82, 2.24) is 5.32 Å². The molecule has 1 rings (SSSR count). The van der Waals surface area contributed by atoms with Crippen LogP contribution in [0.4, 0.5) is 0 Å². The number of nitrogens with one attached hydrogen (secondary N) is 1. The average molecular weight is 312 g/mol. The van der Waals surface area contributed by atoms with Crippen LogP contribution in [0.2, 0.25) is 5.02 Å². The summed E-state index contributed by atoms with van der Waals surface area (Å²) < 4.78 is 0. The molecule has 0 radical (unpaired) electrons. The average Bonchev–Trinajstić information content (AvgIpc) is 2.42. The maximum absolute atomic E-state index is 11.4. The van der Waals surface area contributed by atoms with E-state index >= 15 is 0 Å². The third kappa shape index (κ3) is 8.28. The Labute approximate surface area is 131 Å². The summed E-state index contributed by atoms with van der Waals surface area (Å²) in [7, 11) is 0. The second kappa shape index (κ2) is 9.89. The first-order chi connectivity index (χ1) is 9.58. The summed E-state index contributed by atoms with van der Waals surface area (Å²) in [6, 6.07) is 7.95. The van der Waals surface area contributed by atoms with Gasteiger partial charge in [-0.25, -0.2) is 0 Å². The minimum absolute atomic E-state index is 0.0103. The lowest BCUT2D eigenvalue weighted by Gasteiger charge is -2.04. The molecule has 0 atom stereocenters. The van der Waals surface area contributed by atoms with E-state index in [1.165, 1.54) is 5.56 Å². The first-order valence-electron chi connectivity index (χ1n) is 6.88. The number of aryl methyl sites for hydroxylation is 1. The van der Waals surface area contributed by atoms with E-state index in [4.69, 9.17) is 11.6 Å². The zero-order valence-corrected chi connectivity index (χ0v) is 13.6. The summed E-state index contributed by atoms with van der Waals surface area (Å²) in [4.78, 5) is 11.4. The molecule has 0 heterocycles. The molecule has 0 aromatic heterocycles. The zero-order valence-electron chi connectivity index (χ0n) is 12.1. The van der Waals surface area contributed by atoms with E-state index in [-0.39, 0.29) is 5.91 Å². The number of carbonyl (C=O) groups is 1. The number of hydrogen-bond donors (Lipinski definition) is 1. The fourth-order valence-corrected chi connectivity index (χ4v) is 2.35. The Bertz CT molecular complexity index is 429. The van der Waals surface area contributed by atoms with E-state index in [1.807, 2.05) is 17.5 Å². The van der Waals surface area contributed by atoms with Crippen molar-refractivity contribution in [3.63, 3.8) is 0 Å². The van der Waals surface area contributed by atoms with Gasteiger partial charge in [-0.1, -0.05) is 37.6 Å². The van der Waals surface area contributed by atoms with Crippen LogP contribution >= 0.6 is 23.4 Å². The van der Waals surface area contributed by atoms with Crippen LogP contribution in [-0.2, 0) is 11.2 Å². The minimum Gasteiger partial charge on any atom is -0.352 e. The Kier molecular flexibility index (Phi) is 8.47. The topological polar surface area (TPSA) is 29.1 Å². The molecule has 20 heavy (non-hydrogen) atoms. The predicted molar refractivity (Wildman–Crippen MR) is 89.2 cm³/mol. The van der Waals surface area contributed by atoms with E-state index in [0.29, 0.717) is 5.92 Å². The largest absolute Gasteiger partial charge is 0.352 e. The van der Waals surface area contributed by atoms with Crippen molar-refractivity contribution in [2.75, 3.05) is 12.3 Å². The van der Waals surface area contributed by atoms with Gasteiger partial charge < -0.3 is 5.32 Å². The summed E-state index contributed by atoms with van der Waals surface area (Å²) in [5, 5.41) is 5.50. The van der Waals surface area contributed by atoms with E-state index in [9.17, 15) is 4.79 Å². The minimum atomic E-state index is -0.0103. The highest BCUT2D eigenvalue weighted by molar-refractivity contribution is 8.02. The fourth-order valence-electron chi connectivity index (χ4n) is 1.55. The highest BCUT2D eigenvalue weighted by atomic mass is 35.5. The van der Waals surface area contributed by atoms with E-state index < -0.39 is 0 Å². The fraction of sp³-hybridized carbons (Fsp3) is 0.438. The molecular weight excluding hydrogens is 290 g/mol. The lowest BCUT2D eigenvalue weighted by Crippen LogP contribution is -2.25. The summed E-state index contributed by atoms with van der Waals surface area (Å²) in [5.41, 5.74) is 1.30. The number of carbonyl (C=O) groups excluding carboxylic acids is 1. The van der Waals surface area contributed by atoms with Crippen molar-refractivity contribution >= 4 is 29.3 Å². The van der Waals surface area contributed by atoms with Gasteiger partial charge in [-0.05, 0) is 47.6 Å². The molecule has 1 aromatic carbocycles. The molecular formula is C16H22ClNOS. The molecule has 0 aliphatic heterocycles. The molecule has 0 bridgehead atoms. The van der Waals surface area contributed by atoms with Crippen molar-refractivity contribution < 1.29 is 4.79 Å². The monoisotopic (exact) mass is 311 g/mol. The Hall–Kier alpha value is -0.930. The third-order valence-electron chi connectivity index (χ3n) is 2.64. The van der Waals surface area contributed by atoms with Gasteiger partial charge in [-0.15, -0.1) is 11.8 Å². The number of halogens is 1. The normalized spacial score (nSPS) is 11.2. The lowest BCUT2D eigenvalue weighted by atomic mass is 10.1. The van der Waals surface area contributed by atoms with Crippen molar-refractivity contribution in [3.8, 4) is 0 Å². The van der Waals surface area contributed by atoms with Gasteiger partial charge in [0.05, 0.1) is 0 Å². The molecule has 0 fully saturated rings. The SMILES string of the molecule is CC(C)CNC(=O)/C=C\SCCCc1ccc(Cl)cc1. The number of thioether (sulfide) groups is 1. The Morgan fingerprint density at radius 1 is 1.35 bits per heavy atom. The van der Waals surface area contributed by atoms with Gasteiger partial charge >= 0.3 is 0 Å². The first-order valence-corrected chi connectivity index (χ1v) is 8.31. The smallest absolute Gasteiger partial charge is 0.244 e. The second-order valence-corrected chi connectivity index (χ2v) is 6.49. The predicted octanol–water partition coefficient (Wildman–Crippen LogP) is 4.29.